The first-order chi connectivity index (χ1) is 15.3. The van der Waals surface area contributed by atoms with Crippen LogP contribution in [-0.4, -0.2) is 61.6 Å². The van der Waals surface area contributed by atoms with Gasteiger partial charge in [0.25, 0.3) is 0 Å². The highest BCUT2D eigenvalue weighted by Crippen LogP contribution is 2.39. The van der Waals surface area contributed by atoms with Gasteiger partial charge >= 0.3 is 6.18 Å². The average molecular weight is 450 g/mol. The molecule has 1 fully saturated rings. The molecule has 1 unspecified atom stereocenters. The second-order valence-electron chi connectivity index (χ2n) is 7.62. The van der Waals surface area contributed by atoms with Gasteiger partial charge in [0.15, 0.2) is 11.5 Å². The number of alkyl halides is 3. The molecule has 1 saturated heterocycles. The molecule has 2 aliphatic heterocycles. The topological polar surface area (TPSA) is 90.4 Å². The molecule has 32 heavy (non-hydrogen) atoms. The van der Waals surface area contributed by atoms with Crippen LogP contribution in [0.4, 0.5) is 23.4 Å². The highest BCUT2D eigenvalue weighted by Gasteiger charge is 2.44. The summed E-state index contributed by atoms with van der Waals surface area (Å²) in [6, 6.07) is -1.37. The van der Waals surface area contributed by atoms with Crippen LogP contribution >= 0.6 is 0 Å². The quantitative estimate of drug-likeness (QED) is 0.689. The van der Waals surface area contributed by atoms with E-state index in [9.17, 15) is 22.8 Å². The molecule has 2 aromatic rings. The van der Waals surface area contributed by atoms with E-state index in [0.29, 0.717) is 29.6 Å². The highest BCUT2D eigenvalue weighted by molar-refractivity contribution is 5.83. The van der Waals surface area contributed by atoms with Crippen molar-refractivity contribution in [3.05, 3.63) is 59.8 Å². The van der Waals surface area contributed by atoms with E-state index in [4.69, 9.17) is 4.74 Å². The van der Waals surface area contributed by atoms with Gasteiger partial charge in [0, 0.05) is 18.2 Å². The van der Waals surface area contributed by atoms with Gasteiger partial charge in [-0.3, -0.25) is 5.21 Å². The van der Waals surface area contributed by atoms with Crippen LogP contribution in [-0.2, 0) is 4.74 Å². The number of imidazole rings is 1. The van der Waals surface area contributed by atoms with E-state index in [0.717, 1.165) is 31.1 Å². The summed E-state index contributed by atoms with van der Waals surface area (Å²) < 4.78 is 60.0. The molecule has 3 aliphatic rings. The molecule has 0 radical (unpaired) electrons. The van der Waals surface area contributed by atoms with Gasteiger partial charge in [-0.05, 0) is 25.0 Å². The van der Waals surface area contributed by atoms with Crippen molar-refractivity contribution in [1.82, 2.24) is 25.0 Å². The van der Waals surface area contributed by atoms with Crippen molar-refractivity contribution in [3.8, 4) is 0 Å². The van der Waals surface area contributed by atoms with Crippen LogP contribution in [0, 0.1) is 0 Å². The minimum atomic E-state index is -4.81. The number of aromatic amines is 1. The maximum Gasteiger partial charge on any atom is 0.433 e. The second kappa shape index (κ2) is 7.62. The largest absolute Gasteiger partial charge is 0.491 e. The molecule has 0 aromatic carbocycles. The van der Waals surface area contributed by atoms with Gasteiger partial charge in [-0.2, -0.15) is 13.2 Å². The lowest BCUT2D eigenvalue weighted by Crippen LogP contribution is -2.41. The molecule has 0 amide bonds. The third-order valence-electron chi connectivity index (χ3n) is 5.69. The lowest BCUT2D eigenvalue weighted by Gasteiger charge is -2.35. The summed E-state index contributed by atoms with van der Waals surface area (Å²) in [5.74, 6) is -0.134. The Labute approximate surface area is 179 Å². The molecule has 2 aromatic heterocycles. The molecular weight excluding hydrogens is 432 g/mol. The third-order valence-corrected chi connectivity index (χ3v) is 5.69. The predicted octanol–water partition coefficient (Wildman–Crippen LogP) is 3.54. The van der Waals surface area contributed by atoms with Gasteiger partial charge in [-0.15, -0.1) is 0 Å². The monoisotopic (exact) mass is 450 g/mol. The summed E-state index contributed by atoms with van der Waals surface area (Å²) in [5.41, 5.74) is 0.0108. The Morgan fingerprint density at radius 1 is 1.22 bits per heavy atom. The van der Waals surface area contributed by atoms with E-state index in [1.807, 2.05) is 4.90 Å². The van der Waals surface area contributed by atoms with Crippen LogP contribution in [0.25, 0.3) is 11.2 Å². The third kappa shape index (κ3) is 3.49. The van der Waals surface area contributed by atoms with Gasteiger partial charge in [0.05, 0.1) is 12.4 Å². The number of nitrogens with one attached hydrogen (secondary N) is 1. The molecule has 8 nitrogen and oxygen atoms in total. The van der Waals surface area contributed by atoms with Crippen LogP contribution in [0.1, 0.15) is 12.8 Å². The minimum Gasteiger partial charge on any atom is -0.491 e. The van der Waals surface area contributed by atoms with Crippen molar-refractivity contribution in [2.24, 2.45) is 0 Å². The standard InChI is InChI=1S/C20H18F4N6O2/c21-11-3-4-14-13(6-11)15(7-16(30(14)31)20(22,23)24)32-8-12-2-1-5-29(12)19-17-18(26-9-25-17)27-10-28-19/h3-4,6-7,9-10,12,14,31H,1-2,5,8H2,(H,25,26,27,28)/t12-,14?/m1/s1. The molecule has 0 bridgehead atoms. The summed E-state index contributed by atoms with van der Waals surface area (Å²) in [4.78, 5) is 17.6. The van der Waals surface area contributed by atoms with E-state index in [-0.39, 0.29) is 29.0 Å². The second-order valence-corrected chi connectivity index (χ2v) is 7.62. The molecule has 0 spiro atoms. The Morgan fingerprint density at radius 2 is 2.06 bits per heavy atom. The molecule has 2 N–H and O–H groups in total. The number of ether oxygens (including phenoxy) is 1. The zero-order valence-electron chi connectivity index (χ0n) is 16.6. The highest BCUT2D eigenvalue weighted by atomic mass is 19.4. The SMILES string of the molecule is ON1C(C(F)(F)F)=CC(OC[C@H]2CCCN2c2ncnc3nc[nH]c23)=C2C=C(F)C=CC21. The van der Waals surface area contributed by atoms with Crippen LogP contribution in [0.15, 0.2) is 59.8 Å². The maximum atomic E-state index is 13.8. The fraction of sp³-hybridized carbons (Fsp3) is 0.350. The predicted molar refractivity (Wildman–Crippen MR) is 105 cm³/mol. The zero-order chi connectivity index (χ0) is 22.5. The van der Waals surface area contributed by atoms with Gasteiger partial charge in [0.1, 0.15) is 41.8 Å². The molecule has 0 saturated carbocycles. The number of nitrogens with zero attached hydrogens (tertiary/aromatic N) is 5. The number of H-pyrrole nitrogens is 1. The number of halogens is 4. The molecule has 12 heteroatoms. The molecule has 5 rings (SSSR count). The molecule has 1 aliphatic carbocycles. The number of aromatic nitrogens is 4. The number of hydrogen-bond donors (Lipinski definition) is 2. The lowest BCUT2D eigenvalue weighted by molar-refractivity contribution is -0.172. The first-order valence-electron chi connectivity index (χ1n) is 9.93. The number of hydrogen-bond acceptors (Lipinski definition) is 7. The number of rotatable bonds is 4. The van der Waals surface area contributed by atoms with Crippen LogP contribution in [0.5, 0.6) is 0 Å². The van der Waals surface area contributed by atoms with Gasteiger partial charge in [-0.1, -0.05) is 6.08 Å². The molecule has 4 heterocycles. The lowest BCUT2D eigenvalue weighted by atomic mass is 9.95. The number of anilines is 1. The Bertz CT molecular complexity index is 1170. The van der Waals surface area contributed by atoms with Crippen molar-refractivity contribution >= 4 is 17.0 Å². The Balaban J connectivity index is 1.43. The summed E-state index contributed by atoms with van der Waals surface area (Å²) in [6.45, 7) is 0.733. The molecular formula is C20H18F4N6O2. The summed E-state index contributed by atoms with van der Waals surface area (Å²) in [6.07, 6.45) is 3.62. The van der Waals surface area contributed by atoms with Crippen molar-refractivity contribution in [2.45, 2.75) is 31.1 Å². The summed E-state index contributed by atoms with van der Waals surface area (Å²) in [5, 5.41) is 10.2. The maximum absolute atomic E-state index is 13.8. The fourth-order valence-electron chi connectivity index (χ4n) is 4.20. The Hall–Kier alpha value is -3.41. The smallest absolute Gasteiger partial charge is 0.433 e. The van der Waals surface area contributed by atoms with Crippen molar-refractivity contribution in [2.75, 3.05) is 18.1 Å². The van der Waals surface area contributed by atoms with E-state index in [1.54, 1.807) is 0 Å². The summed E-state index contributed by atoms with van der Waals surface area (Å²) >= 11 is 0. The van der Waals surface area contributed by atoms with E-state index in [2.05, 4.69) is 19.9 Å². The van der Waals surface area contributed by atoms with Crippen molar-refractivity contribution in [1.29, 1.82) is 0 Å². The van der Waals surface area contributed by atoms with E-state index in [1.165, 1.54) is 12.7 Å². The average Bonchev–Trinajstić information content (AvgIpc) is 3.41. The molecule has 168 valence electrons. The first-order valence-corrected chi connectivity index (χ1v) is 9.93. The number of hydroxylamine groups is 2. The number of fused-ring (bicyclic) bond motifs is 2. The normalized spacial score (nSPS) is 23.5. The van der Waals surface area contributed by atoms with Crippen molar-refractivity contribution in [3.63, 3.8) is 0 Å². The minimum absolute atomic E-state index is 0.0530. The van der Waals surface area contributed by atoms with Crippen LogP contribution in [0.2, 0.25) is 0 Å². The Kier molecular flexibility index (Phi) is 4.88. The zero-order valence-corrected chi connectivity index (χ0v) is 16.6. The summed E-state index contributed by atoms with van der Waals surface area (Å²) in [7, 11) is 0. The Morgan fingerprint density at radius 3 is 2.88 bits per heavy atom. The number of allylic oxidation sites excluding steroid dienone is 4. The van der Waals surface area contributed by atoms with Crippen LogP contribution < -0.4 is 4.90 Å². The first kappa shape index (κ1) is 20.5. The van der Waals surface area contributed by atoms with Gasteiger partial charge in [0.2, 0.25) is 0 Å². The molecule has 2 atom stereocenters. The van der Waals surface area contributed by atoms with Crippen LogP contribution in [0.3, 0.4) is 0 Å². The van der Waals surface area contributed by atoms with E-state index < -0.39 is 23.7 Å². The van der Waals surface area contributed by atoms with Crippen molar-refractivity contribution < 1.29 is 27.5 Å². The van der Waals surface area contributed by atoms with Gasteiger partial charge in [-0.25, -0.2) is 24.4 Å². The fourth-order valence-corrected chi connectivity index (χ4v) is 4.20. The van der Waals surface area contributed by atoms with E-state index >= 15 is 0 Å². The van der Waals surface area contributed by atoms with Gasteiger partial charge < -0.3 is 14.6 Å².